The summed E-state index contributed by atoms with van der Waals surface area (Å²) in [6, 6.07) is 9.18. The molecule has 1 atom stereocenters. The monoisotopic (exact) mass is 212 g/mol. The van der Waals surface area contributed by atoms with Gasteiger partial charge in [0.2, 0.25) is 0 Å². The number of rotatable bonds is 2. The van der Waals surface area contributed by atoms with Crippen LogP contribution in [0.1, 0.15) is 10.4 Å². The first kappa shape index (κ1) is 8.27. The maximum Gasteiger partial charge on any atom is 0.256 e. The van der Waals surface area contributed by atoms with Crippen molar-refractivity contribution >= 4 is 21.8 Å². The van der Waals surface area contributed by atoms with Crippen LogP contribution in [0.25, 0.3) is 0 Å². The number of benzene rings is 1. The third kappa shape index (κ3) is 2.05. The molecular formula is C8H7BrNO. The van der Waals surface area contributed by atoms with E-state index in [-0.39, 0.29) is 0 Å². The van der Waals surface area contributed by atoms with Gasteiger partial charge in [-0.2, -0.15) is 0 Å². The average molecular weight is 213 g/mol. The number of carbonyl (C=O) groups is 1. The Labute approximate surface area is 73.5 Å². The summed E-state index contributed by atoms with van der Waals surface area (Å²) >= 11 is 3.11. The van der Waals surface area contributed by atoms with E-state index in [2.05, 4.69) is 15.9 Å². The molecule has 0 aliphatic heterocycles. The van der Waals surface area contributed by atoms with Gasteiger partial charge in [0.15, 0.2) is 0 Å². The molecule has 0 saturated heterocycles. The van der Waals surface area contributed by atoms with Crippen LogP contribution in [-0.4, -0.2) is 5.91 Å². The first-order valence-corrected chi connectivity index (χ1v) is 4.08. The maximum atomic E-state index is 10.6. The van der Waals surface area contributed by atoms with Crippen LogP contribution in [0.2, 0.25) is 0 Å². The van der Waals surface area contributed by atoms with Crippen molar-refractivity contribution in [3.63, 3.8) is 0 Å². The third-order valence-corrected chi connectivity index (χ3v) is 2.27. The molecule has 11 heavy (non-hydrogen) atoms. The third-order valence-electron chi connectivity index (χ3n) is 1.32. The standard InChI is InChI=1S/C8H7BrNO/c9-7(8(10)11)6-4-2-1-3-5-6/h1-5,7,10H. The van der Waals surface area contributed by atoms with Crippen LogP contribution < -0.4 is 5.73 Å². The van der Waals surface area contributed by atoms with Gasteiger partial charge in [0.25, 0.3) is 5.91 Å². The summed E-state index contributed by atoms with van der Waals surface area (Å²) in [7, 11) is 0. The molecule has 0 aromatic heterocycles. The van der Waals surface area contributed by atoms with Gasteiger partial charge in [-0.25, -0.2) is 0 Å². The van der Waals surface area contributed by atoms with E-state index >= 15 is 0 Å². The lowest BCUT2D eigenvalue weighted by atomic mass is 10.1. The molecule has 1 aromatic carbocycles. The molecular weight excluding hydrogens is 206 g/mol. The molecule has 0 spiro atoms. The fourth-order valence-corrected chi connectivity index (χ4v) is 1.08. The van der Waals surface area contributed by atoms with Gasteiger partial charge in [0.05, 0.1) is 0 Å². The van der Waals surface area contributed by atoms with E-state index in [1.54, 1.807) is 0 Å². The summed E-state index contributed by atoms with van der Waals surface area (Å²) < 4.78 is 0. The molecule has 0 bridgehead atoms. The second-order valence-electron chi connectivity index (χ2n) is 2.14. The van der Waals surface area contributed by atoms with Crippen molar-refractivity contribution in [1.29, 1.82) is 0 Å². The fourth-order valence-electron chi connectivity index (χ4n) is 0.773. The highest BCUT2D eigenvalue weighted by atomic mass is 79.9. The van der Waals surface area contributed by atoms with Gasteiger partial charge >= 0.3 is 0 Å². The molecule has 1 radical (unpaired) electrons. The number of hydrogen-bond donors (Lipinski definition) is 0. The zero-order valence-corrected chi connectivity index (χ0v) is 7.34. The summed E-state index contributed by atoms with van der Waals surface area (Å²) in [6.45, 7) is 0. The Kier molecular flexibility index (Phi) is 2.65. The van der Waals surface area contributed by atoms with E-state index in [1.807, 2.05) is 30.3 Å². The lowest BCUT2D eigenvalue weighted by Gasteiger charge is -2.02. The van der Waals surface area contributed by atoms with Crippen LogP contribution in [0.15, 0.2) is 30.3 Å². The topological polar surface area (TPSA) is 40.9 Å². The molecule has 57 valence electrons. The van der Waals surface area contributed by atoms with Gasteiger partial charge in [-0.3, -0.25) is 10.5 Å². The Balaban J connectivity index is 2.85. The van der Waals surface area contributed by atoms with E-state index in [9.17, 15) is 4.79 Å². The van der Waals surface area contributed by atoms with Gasteiger partial charge in [0.1, 0.15) is 4.83 Å². The van der Waals surface area contributed by atoms with E-state index in [4.69, 9.17) is 5.73 Å². The van der Waals surface area contributed by atoms with Crippen molar-refractivity contribution in [2.45, 2.75) is 4.83 Å². The van der Waals surface area contributed by atoms with Gasteiger partial charge in [-0.1, -0.05) is 46.3 Å². The molecule has 1 unspecified atom stereocenters. The Morgan fingerprint density at radius 1 is 1.36 bits per heavy atom. The summed E-state index contributed by atoms with van der Waals surface area (Å²) in [4.78, 5) is 10.1. The minimum Gasteiger partial charge on any atom is -0.272 e. The zero-order chi connectivity index (χ0) is 8.27. The Bertz CT molecular complexity index is 248. The van der Waals surface area contributed by atoms with E-state index in [1.165, 1.54) is 0 Å². The molecule has 1 rings (SSSR count). The normalized spacial score (nSPS) is 12.5. The molecule has 0 aliphatic rings. The molecule has 1 N–H and O–H groups in total. The van der Waals surface area contributed by atoms with Gasteiger partial charge in [-0.05, 0) is 5.56 Å². The summed E-state index contributed by atoms with van der Waals surface area (Å²) in [5.41, 5.74) is 7.66. The number of amides is 1. The minimum absolute atomic E-state index is 0.483. The number of halogens is 1. The number of hydrogen-bond acceptors (Lipinski definition) is 1. The second kappa shape index (κ2) is 3.53. The number of alkyl halides is 1. The first-order valence-electron chi connectivity index (χ1n) is 3.16. The molecule has 0 aliphatic carbocycles. The molecule has 2 nitrogen and oxygen atoms in total. The van der Waals surface area contributed by atoms with Crippen LogP contribution in [-0.2, 0) is 4.79 Å². The second-order valence-corrected chi connectivity index (χ2v) is 3.05. The first-order chi connectivity index (χ1) is 5.22. The van der Waals surface area contributed by atoms with Crippen LogP contribution in [0, 0.1) is 0 Å². The molecule has 1 aromatic rings. The molecule has 3 heteroatoms. The van der Waals surface area contributed by atoms with Crippen LogP contribution in [0.3, 0.4) is 0 Å². The van der Waals surface area contributed by atoms with E-state index < -0.39 is 10.7 Å². The summed E-state index contributed by atoms with van der Waals surface area (Å²) in [5, 5.41) is 0. The average Bonchev–Trinajstić information content (AvgIpc) is 2.05. The number of carbonyl (C=O) groups excluding carboxylic acids is 1. The SMILES string of the molecule is [NH]C(=O)C(Br)c1ccccc1. The van der Waals surface area contributed by atoms with Crippen molar-refractivity contribution in [2.24, 2.45) is 0 Å². The Morgan fingerprint density at radius 2 is 1.91 bits per heavy atom. The van der Waals surface area contributed by atoms with Gasteiger partial charge in [-0.15, -0.1) is 0 Å². The van der Waals surface area contributed by atoms with Crippen LogP contribution in [0.4, 0.5) is 0 Å². The molecule has 0 fully saturated rings. The van der Waals surface area contributed by atoms with Crippen LogP contribution in [0.5, 0.6) is 0 Å². The summed E-state index contributed by atoms with van der Waals surface area (Å²) in [5.74, 6) is -0.615. The molecule has 0 heterocycles. The largest absolute Gasteiger partial charge is 0.272 e. The summed E-state index contributed by atoms with van der Waals surface area (Å²) in [6.07, 6.45) is 0. The Morgan fingerprint density at radius 3 is 2.36 bits per heavy atom. The smallest absolute Gasteiger partial charge is 0.256 e. The van der Waals surface area contributed by atoms with E-state index in [0.717, 1.165) is 5.56 Å². The van der Waals surface area contributed by atoms with Crippen molar-refractivity contribution in [1.82, 2.24) is 5.73 Å². The minimum atomic E-state index is -0.615. The van der Waals surface area contributed by atoms with Crippen molar-refractivity contribution in [2.75, 3.05) is 0 Å². The highest BCUT2D eigenvalue weighted by Crippen LogP contribution is 2.21. The highest BCUT2D eigenvalue weighted by molar-refractivity contribution is 9.09. The van der Waals surface area contributed by atoms with Gasteiger partial charge < -0.3 is 0 Å². The van der Waals surface area contributed by atoms with E-state index in [0.29, 0.717) is 0 Å². The van der Waals surface area contributed by atoms with Crippen LogP contribution >= 0.6 is 15.9 Å². The van der Waals surface area contributed by atoms with Crippen molar-refractivity contribution < 1.29 is 4.79 Å². The predicted octanol–water partition coefficient (Wildman–Crippen LogP) is 1.93. The fraction of sp³-hybridized carbons (Fsp3) is 0.125. The van der Waals surface area contributed by atoms with Crippen molar-refractivity contribution in [3.05, 3.63) is 35.9 Å². The predicted molar refractivity (Wildman–Crippen MR) is 46.2 cm³/mol. The zero-order valence-electron chi connectivity index (χ0n) is 5.75. The maximum absolute atomic E-state index is 10.6. The highest BCUT2D eigenvalue weighted by Gasteiger charge is 2.12. The van der Waals surface area contributed by atoms with Crippen molar-refractivity contribution in [3.8, 4) is 0 Å². The molecule has 0 saturated carbocycles. The molecule has 1 amide bonds. The quantitative estimate of drug-likeness (QED) is 0.692. The Hall–Kier alpha value is -0.830. The van der Waals surface area contributed by atoms with Gasteiger partial charge in [0, 0.05) is 0 Å². The lowest BCUT2D eigenvalue weighted by Crippen LogP contribution is -2.05. The lowest BCUT2D eigenvalue weighted by molar-refractivity contribution is -0.118. The number of nitrogens with one attached hydrogen (secondary N) is 1.